The van der Waals surface area contributed by atoms with Gasteiger partial charge >= 0.3 is 0 Å². The van der Waals surface area contributed by atoms with Crippen LogP contribution in [-0.2, 0) is 0 Å². The summed E-state index contributed by atoms with van der Waals surface area (Å²) in [6, 6.07) is 11.2. The van der Waals surface area contributed by atoms with Crippen LogP contribution in [0.5, 0.6) is 11.5 Å². The molecule has 1 aliphatic rings. The molecule has 6 heteroatoms. The maximum absolute atomic E-state index is 12.3. The molecule has 0 aliphatic carbocycles. The number of rotatable bonds is 2. The molecular formula is C17H10N2O3S. The van der Waals surface area contributed by atoms with E-state index < -0.39 is 5.56 Å². The predicted octanol–water partition coefficient (Wildman–Crippen LogP) is 3.37. The van der Waals surface area contributed by atoms with E-state index in [2.05, 4.69) is 4.98 Å². The van der Waals surface area contributed by atoms with Crippen LogP contribution < -0.4 is 15.0 Å². The molecule has 0 fully saturated rings. The second kappa shape index (κ2) is 5.30. The summed E-state index contributed by atoms with van der Waals surface area (Å²) in [6.07, 6.45) is 0. The third-order valence-corrected chi connectivity index (χ3v) is 4.34. The average molecular weight is 322 g/mol. The summed E-state index contributed by atoms with van der Waals surface area (Å²) in [5.41, 5.74) is 2.64. The summed E-state index contributed by atoms with van der Waals surface area (Å²) in [5.74, 6) is 1.33. The first-order valence-corrected chi connectivity index (χ1v) is 7.80. The van der Waals surface area contributed by atoms with E-state index in [9.17, 15) is 10.1 Å². The number of thiophene rings is 1. The Morgan fingerprint density at radius 2 is 2.00 bits per heavy atom. The van der Waals surface area contributed by atoms with Crippen LogP contribution in [-0.4, -0.2) is 11.8 Å². The molecule has 3 aromatic rings. The fraction of sp³-hybridized carbons (Fsp3) is 0.0588. The van der Waals surface area contributed by atoms with Crippen molar-refractivity contribution in [2.75, 3.05) is 6.79 Å². The van der Waals surface area contributed by atoms with E-state index in [0.29, 0.717) is 22.8 Å². The van der Waals surface area contributed by atoms with Gasteiger partial charge in [0.2, 0.25) is 6.79 Å². The Labute approximate surface area is 135 Å². The third kappa shape index (κ3) is 2.28. The quantitative estimate of drug-likeness (QED) is 0.785. The van der Waals surface area contributed by atoms with Gasteiger partial charge in [0.1, 0.15) is 11.6 Å². The summed E-state index contributed by atoms with van der Waals surface area (Å²) in [7, 11) is 0. The predicted molar refractivity (Wildman–Crippen MR) is 86.6 cm³/mol. The zero-order valence-electron chi connectivity index (χ0n) is 11.8. The van der Waals surface area contributed by atoms with Crippen LogP contribution in [0.4, 0.5) is 0 Å². The molecule has 0 amide bonds. The second-order valence-corrected chi connectivity index (χ2v) is 5.77. The molecule has 0 saturated heterocycles. The minimum absolute atomic E-state index is 0.118. The van der Waals surface area contributed by atoms with E-state index in [0.717, 1.165) is 11.1 Å². The summed E-state index contributed by atoms with van der Waals surface area (Å²) >= 11 is 1.52. The Morgan fingerprint density at radius 1 is 1.13 bits per heavy atom. The van der Waals surface area contributed by atoms with Crippen LogP contribution in [0.2, 0.25) is 0 Å². The smallest absolute Gasteiger partial charge is 0.266 e. The fourth-order valence-electron chi connectivity index (χ4n) is 2.54. The van der Waals surface area contributed by atoms with E-state index in [1.165, 1.54) is 11.3 Å². The van der Waals surface area contributed by atoms with Crippen molar-refractivity contribution in [3.63, 3.8) is 0 Å². The lowest BCUT2D eigenvalue weighted by molar-refractivity contribution is 0.174. The van der Waals surface area contributed by atoms with Crippen molar-refractivity contribution in [3.8, 4) is 40.0 Å². The number of hydrogen-bond donors (Lipinski definition) is 1. The largest absolute Gasteiger partial charge is 0.454 e. The lowest BCUT2D eigenvalue weighted by Crippen LogP contribution is -2.12. The molecule has 0 radical (unpaired) electrons. The third-order valence-electron chi connectivity index (χ3n) is 3.66. The Hall–Kier alpha value is -3.04. The van der Waals surface area contributed by atoms with Crippen LogP contribution in [0.15, 0.2) is 45.9 Å². The normalized spacial score (nSPS) is 12.1. The van der Waals surface area contributed by atoms with E-state index >= 15 is 0 Å². The van der Waals surface area contributed by atoms with Gasteiger partial charge in [0.25, 0.3) is 5.56 Å². The van der Waals surface area contributed by atoms with E-state index in [4.69, 9.17) is 9.47 Å². The monoisotopic (exact) mass is 322 g/mol. The van der Waals surface area contributed by atoms with Crippen LogP contribution in [0.25, 0.3) is 22.4 Å². The molecule has 5 nitrogen and oxygen atoms in total. The van der Waals surface area contributed by atoms with Gasteiger partial charge < -0.3 is 14.5 Å². The van der Waals surface area contributed by atoms with Crippen LogP contribution >= 0.6 is 11.3 Å². The molecular weight excluding hydrogens is 312 g/mol. The highest BCUT2D eigenvalue weighted by Gasteiger charge is 2.16. The van der Waals surface area contributed by atoms with Gasteiger partial charge in [-0.2, -0.15) is 16.6 Å². The summed E-state index contributed by atoms with van der Waals surface area (Å²) < 4.78 is 10.7. The number of nitrogens with zero attached hydrogens (tertiary/aromatic N) is 1. The molecule has 3 heterocycles. The Morgan fingerprint density at radius 3 is 2.78 bits per heavy atom. The van der Waals surface area contributed by atoms with Crippen LogP contribution in [0.1, 0.15) is 5.56 Å². The number of fused-ring (bicyclic) bond motifs is 1. The van der Waals surface area contributed by atoms with Crippen molar-refractivity contribution >= 4 is 11.3 Å². The highest BCUT2D eigenvalue weighted by Crippen LogP contribution is 2.36. The van der Waals surface area contributed by atoms with Crippen LogP contribution in [0, 0.1) is 11.3 Å². The first kappa shape index (κ1) is 13.6. The van der Waals surface area contributed by atoms with Gasteiger partial charge in [0.15, 0.2) is 11.5 Å². The topological polar surface area (TPSA) is 75.1 Å². The number of aromatic nitrogens is 1. The van der Waals surface area contributed by atoms with Gasteiger partial charge in [-0.25, -0.2) is 0 Å². The lowest BCUT2D eigenvalue weighted by atomic mass is 10.0. The zero-order chi connectivity index (χ0) is 15.8. The Balaban J connectivity index is 1.91. The standard InChI is InChI=1S/C17H10N2O3S/c18-7-13-12(11-3-4-23-8-11)6-14(19-17(13)20)10-1-2-15-16(5-10)22-9-21-15/h1-6,8H,9H2,(H,19,20). The number of pyridine rings is 1. The number of H-pyrrole nitrogens is 1. The highest BCUT2D eigenvalue weighted by atomic mass is 32.1. The number of nitrogens with one attached hydrogen (secondary N) is 1. The first-order chi connectivity index (χ1) is 11.3. The van der Waals surface area contributed by atoms with Crippen molar-refractivity contribution in [1.82, 2.24) is 4.98 Å². The molecule has 0 unspecified atom stereocenters. The van der Waals surface area contributed by atoms with Crippen LogP contribution in [0.3, 0.4) is 0 Å². The van der Waals surface area contributed by atoms with Gasteiger partial charge in [0, 0.05) is 16.8 Å². The molecule has 0 saturated carbocycles. The van der Waals surface area contributed by atoms with Gasteiger partial charge in [0.05, 0.1) is 0 Å². The number of aromatic amines is 1. The SMILES string of the molecule is N#Cc1c(-c2ccsc2)cc(-c2ccc3c(c2)OCO3)[nH]c1=O. The first-order valence-electron chi connectivity index (χ1n) is 6.86. The fourth-order valence-corrected chi connectivity index (χ4v) is 3.19. The molecule has 1 aromatic carbocycles. The molecule has 112 valence electrons. The Kier molecular flexibility index (Phi) is 3.14. The number of hydrogen-bond acceptors (Lipinski definition) is 5. The maximum Gasteiger partial charge on any atom is 0.266 e. The lowest BCUT2D eigenvalue weighted by Gasteiger charge is -2.07. The maximum atomic E-state index is 12.3. The van der Waals surface area contributed by atoms with Crippen molar-refractivity contribution in [1.29, 1.82) is 5.26 Å². The van der Waals surface area contributed by atoms with Crippen molar-refractivity contribution in [2.45, 2.75) is 0 Å². The second-order valence-electron chi connectivity index (χ2n) is 4.99. The van der Waals surface area contributed by atoms with Gasteiger partial charge in [-0.05, 0) is 46.7 Å². The minimum atomic E-state index is -0.399. The number of benzene rings is 1. The van der Waals surface area contributed by atoms with Gasteiger partial charge in [-0.15, -0.1) is 0 Å². The average Bonchev–Trinajstić information content (AvgIpc) is 3.24. The van der Waals surface area contributed by atoms with Crippen molar-refractivity contribution in [2.24, 2.45) is 0 Å². The van der Waals surface area contributed by atoms with Crippen molar-refractivity contribution in [3.05, 3.63) is 57.0 Å². The van der Waals surface area contributed by atoms with E-state index in [1.54, 1.807) is 6.07 Å². The molecule has 23 heavy (non-hydrogen) atoms. The molecule has 0 bridgehead atoms. The molecule has 1 N–H and O–H groups in total. The van der Waals surface area contributed by atoms with E-state index in [1.807, 2.05) is 41.1 Å². The highest BCUT2D eigenvalue weighted by molar-refractivity contribution is 7.08. The summed E-state index contributed by atoms with van der Waals surface area (Å²) in [5, 5.41) is 13.1. The minimum Gasteiger partial charge on any atom is -0.454 e. The van der Waals surface area contributed by atoms with Gasteiger partial charge in [-0.3, -0.25) is 4.79 Å². The summed E-state index contributed by atoms with van der Waals surface area (Å²) in [6.45, 7) is 0.197. The van der Waals surface area contributed by atoms with E-state index in [-0.39, 0.29) is 12.4 Å². The molecule has 4 rings (SSSR count). The molecule has 2 aromatic heterocycles. The molecule has 0 atom stereocenters. The number of ether oxygens (including phenoxy) is 2. The molecule has 0 spiro atoms. The Bertz CT molecular complexity index is 984. The molecule has 1 aliphatic heterocycles. The zero-order valence-corrected chi connectivity index (χ0v) is 12.6. The van der Waals surface area contributed by atoms with Gasteiger partial charge in [-0.1, -0.05) is 0 Å². The number of nitriles is 1. The summed E-state index contributed by atoms with van der Waals surface area (Å²) in [4.78, 5) is 15.0. The van der Waals surface area contributed by atoms with Crippen molar-refractivity contribution < 1.29 is 9.47 Å².